The zero-order valence-corrected chi connectivity index (χ0v) is 19.4. The van der Waals surface area contributed by atoms with Gasteiger partial charge in [0.2, 0.25) is 0 Å². The Hall–Kier alpha value is -2.13. The number of hydrogen-bond donors (Lipinski definition) is 2. The number of piperidine rings is 1. The molecule has 1 saturated heterocycles. The number of rotatable bonds is 8. The summed E-state index contributed by atoms with van der Waals surface area (Å²) in [5, 5.41) is 1.01. The maximum atomic E-state index is 6.77. The average molecular weight is 456 g/mol. The highest BCUT2D eigenvalue weighted by Gasteiger charge is 2.27. The molecule has 1 aliphatic rings. The molecule has 3 aromatic rings. The quantitative estimate of drug-likeness (QED) is 0.232. The molecular weight excluding hydrogens is 426 g/mol. The molecule has 0 bridgehead atoms. The van der Waals surface area contributed by atoms with E-state index in [0.29, 0.717) is 6.54 Å². The first kappa shape index (κ1) is 22.1. The molecule has 164 valence electrons. The minimum Gasteiger partial charge on any atom is -0.370 e. The molecule has 8 heteroatoms. The van der Waals surface area contributed by atoms with E-state index in [1.165, 1.54) is 9.60 Å². The SMILES string of the molecule is CN1CCC(OC(c2nc3ccccc3s2)c2ccccc2SCCN=C(N)N)CC1. The highest BCUT2D eigenvalue weighted by Crippen LogP contribution is 2.38. The summed E-state index contributed by atoms with van der Waals surface area (Å²) in [6, 6.07) is 16.7. The number of benzene rings is 2. The molecule has 2 aromatic carbocycles. The van der Waals surface area contributed by atoms with E-state index in [0.717, 1.165) is 47.8 Å². The van der Waals surface area contributed by atoms with Crippen molar-refractivity contribution in [2.45, 2.75) is 29.9 Å². The van der Waals surface area contributed by atoms with Crippen molar-refractivity contribution in [1.29, 1.82) is 0 Å². The van der Waals surface area contributed by atoms with Crippen LogP contribution in [0.4, 0.5) is 0 Å². The van der Waals surface area contributed by atoms with Crippen molar-refractivity contribution in [2.24, 2.45) is 16.5 Å². The lowest BCUT2D eigenvalue weighted by Gasteiger charge is -2.32. The maximum Gasteiger partial charge on any atom is 0.185 e. The Bertz CT molecular complexity index is 992. The standard InChI is InChI=1S/C23H29N5OS2/c1-28-13-10-16(11-14-28)29-21(22-27-18-7-3-5-9-20(18)31-22)17-6-2-4-8-19(17)30-15-12-26-23(24)25/h2-9,16,21H,10-15H2,1H3,(H4,24,25,26). The normalized spacial score (nSPS) is 16.4. The molecule has 4 N–H and O–H groups in total. The number of likely N-dealkylation sites (tertiary alicyclic amines) is 1. The molecule has 4 rings (SSSR count). The van der Waals surface area contributed by atoms with Crippen LogP contribution >= 0.6 is 23.1 Å². The number of thiazole rings is 1. The molecule has 0 amide bonds. The van der Waals surface area contributed by atoms with Crippen LogP contribution in [0, 0.1) is 0 Å². The van der Waals surface area contributed by atoms with E-state index < -0.39 is 0 Å². The number of guanidine groups is 1. The van der Waals surface area contributed by atoms with Crippen molar-refractivity contribution in [2.75, 3.05) is 32.4 Å². The van der Waals surface area contributed by atoms with Crippen molar-refractivity contribution < 1.29 is 4.74 Å². The fourth-order valence-electron chi connectivity index (χ4n) is 3.74. The highest BCUT2D eigenvalue weighted by atomic mass is 32.2. The second-order valence-corrected chi connectivity index (χ2v) is 9.93. The Balaban J connectivity index is 1.63. The molecule has 6 nitrogen and oxygen atoms in total. The predicted molar refractivity (Wildman–Crippen MR) is 131 cm³/mol. The van der Waals surface area contributed by atoms with Gasteiger partial charge in [-0.1, -0.05) is 30.3 Å². The first-order valence-electron chi connectivity index (χ1n) is 10.6. The lowest BCUT2D eigenvalue weighted by atomic mass is 10.1. The molecule has 0 saturated carbocycles. The van der Waals surface area contributed by atoms with Gasteiger partial charge in [0.1, 0.15) is 11.1 Å². The summed E-state index contributed by atoms with van der Waals surface area (Å²) in [5.41, 5.74) is 13.1. The van der Waals surface area contributed by atoms with Crippen LogP contribution in [0.5, 0.6) is 0 Å². The van der Waals surface area contributed by atoms with Gasteiger partial charge >= 0.3 is 0 Å². The summed E-state index contributed by atoms with van der Waals surface area (Å²) < 4.78 is 7.95. The Kier molecular flexibility index (Phi) is 7.45. The Morgan fingerprint density at radius 3 is 2.71 bits per heavy atom. The summed E-state index contributed by atoms with van der Waals surface area (Å²) in [4.78, 5) is 12.6. The van der Waals surface area contributed by atoms with Gasteiger partial charge in [0.15, 0.2) is 5.96 Å². The first-order valence-corrected chi connectivity index (χ1v) is 12.4. The number of nitrogens with zero attached hydrogens (tertiary/aromatic N) is 3. The fourth-order valence-corrected chi connectivity index (χ4v) is 5.68. The van der Waals surface area contributed by atoms with Gasteiger partial charge in [0.05, 0.1) is 22.9 Å². The van der Waals surface area contributed by atoms with Crippen LogP contribution in [0.25, 0.3) is 10.2 Å². The molecule has 1 fully saturated rings. The van der Waals surface area contributed by atoms with Crippen LogP contribution in [-0.2, 0) is 4.74 Å². The van der Waals surface area contributed by atoms with Crippen LogP contribution in [0.1, 0.15) is 29.5 Å². The lowest BCUT2D eigenvalue weighted by molar-refractivity contribution is -0.0244. The second kappa shape index (κ2) is 10.5. The Morgan fingerprint density at radius 2 is 1.94 bits per heavy atom. The minimum absolute atomic E-state index is 0.131. The van der Waals surface area contributed by atoms with E-state index in [2.05, 4.69) is 59.4 Å². The molecule has 0 aliphatic carbocycles. The number of aliphatic imine (C=N–C) groups is 1. The van der Waals surface area contributed by atoms with Crippen molar-refractivity contribution in [3.05, 3.63) is 59.1 Å². The molecule has 31 heavy (non-hydrogen) atoms. The zero-order chi connectivity index (χ0) is 21.6. The van der Waals surface area contributed by atoms with Gasteiger partial charge in [0, 0.05) is 29.3 Å². The largest absolute Gasteiger partial charge is 0.370 e. The van der Waals surface area contributed by atoms with Gasteiger partial charge in [-0.05, 0) is 38.1 Å². The summed E-state index contributed by atoms with van der Waals surface area (Å²) in [6.45, 7) is 2.71. The third-order valence-electron chi connectivity index (χ3n) is 5.37. The lowest BCUT2D eigenvalue weighted by Crippen LogP contribution is -2.35. The minimum atomic E-state index is -0.183. The van der Waals surface area contributed by atoms with Gasteiger partial charge < -0.3 is 21.1 Å². The third-order valence-corrected chi connectivity index (χ3v) is 7.52. The van der Waals surface area contributed by atoms with Crippen LogP contribution in [-0.4, -0.2) is 54.4 Å². The zero-order valence-electron chi connectivity index (χ0n) is 17.7. The molecule has 2 heterocycles. The van der Waals surface area contributed by atoms with E-state index in [1.54, 1.807) is 23.1 Å². The van der Waals surface area contributed by atoms with E-state index in [-0.39, 0.29) is 18.2 Å². The van der Waals surface area contributed by atoms with Crippen LogP contribution in [0.2, 0.25) is 0 Å². The number of nitrogens with two attached hydrogens (primary N) is 2. The van der Waals surface area contributed by atoms with Gasteiger partial charge in [-0.15, -0.1) is 23.1 Å². The topological polar surface area (TPSA) is 89.8 Å². The smallest absolute Gasteiger partial charge is 0.185 e. The second-order valence-electron chi connectivity index (χ2n) is 7.73. The third kappa shape index (κ3) is 5.77. The number of para-hydroxylation sites is 1. The van der Waals surface area contributed by atoms with Gasteiger partial charge in [-0.2, -0.15) is 0 Å². The molecule has 1 unspecified atom stereocenters. The van der Waals surface area contributed by atoms with E-state index in [4.69, 9.17) is 21.2 Å². The van der Waals surface area contributed by atoms with Crippen molar-refractivity contribution in [1.82, 2.24) is 9.88 Å². The average Bonchev–Trinajstić information content (AvgIpc) is 3.20. The monoisotopic (exact) mass is 455 g/mol. The van der Waals surface area contributed by atoms with Crippen LogP contribution < -0.4 is 11.5 Å². The van der Waals surface area contributed by atoms with Crippen LogP contribution in [0.3, 0.4) is 0 Å². The van der Waals surface area contributed by atoms with Crippen molar-refractivity contribution in [3.8, 4) is 0 Å². The molecule has 0 spiro atoms. The number of aromatic nitrogens is 1. The molecular formula is C23H29N5OS2. The van der Waals surface area contributed by atoms with Gasteiger partial charge in [-0.25, -0.2) is 4.98 Å². The number of thioether (sulfide) groups is 1. The van der Waals surface area contributed by atoms with E-state index in [1.807, 2.05) is 6.07 Å². The number of fused-ring (bicyclic) bond motifs is 1. The number of hydrogen-bond acceptors (Lipinski definition) is 6. The van der Waals surface area contributed by atoms with Gasteiger partial charge in [-0.3, -0.25) is 4.99 Å². The summed E-state index contributed by atoms with van der Waals surface area (Å²) in [5.74, 6) is 0.933. The van der Waals surface area contributed by atoms with Crippen molar-refractivity contribution >= 4 is 39.3 Å². The Morgan fingerprint density at radius 1 is 1.19 bits per heavy atom. The van der Waals surface area contributed by atoms with E-state index >= 15 is 0 Å². The maximum absolute atomic E-state index is 6.77. The van der Waals surface area contributed by atoms with Gasteiger partial charge in [0.25, 0.3) is 0 Å². The molecule has 0 radical (unpaired) electrons. The summed E-state index contributed by atoms with van der Waals surface area (Å²) >= 11 is 3.47. The van der Waals surface area contributed by atoms with E-state index in [9.17, 15) is 0 Å². The predicted octanol–water partition coefficient (Wildman–Crippen LogP) is 3.86. The summed E-state index contributed by atoms with van der Waals surface area (Å²) in [7, 11) is 2.17. The van der Waals surface area contributed by atoms with Crippen molar-refractivity contribution in [3.63, 3.8) is 0 Å². The Labute approximate surface area is 191 Å². The number of ether oxygens (including phenoxy) is 1. The molecule has 1 aromatic heterocycles. The summed E-state index contributed by atoms with van der Waals surface area (Å²) in [6.07, 6.45) is 2.13. The molecule has 1 atom stereocenters. The highest BCUT2D eigenvalue weighted by molar-refractivity contribution is 7.99. The van der Waals surface area contributed by atoms with Crippen LogP contribution in [0.15, 0.2) is 58.4 Å². The first-order chi connectivity index (χ1) is 15.1. The molecule has 1 aliphatic heterocycles. The fraction of sp³-hybridized carbons (Fsp3) is 0.391.